The minimum atomic E-state index is 0.137. The standard InChI is InChI=1S/C19H32N4O2/c1-3-10-23-18-9-12-25-14-16(18)17(21-23)7-8-19(24)20-13-15-6-5-11-22(15)4-2/h15H,3-14H2,1-2H3,(H,20,24). The molecule has 6 nitrogen and oxygen atoms in total. The van der Waals surface area contributed by atoms with Gasteiger partial charge in [0.1, 0.15) is 0 Å². The third-order valence-electron chi connectivity index (χ3n) is 5.44. The van der Waals surface area contributed by atoms with Crippen molar-refractivity contribution in [3.63, 3.8) is 0 Å². The van der Waals surface area contributed by atoms with E-state index in [1.807, 2.05) is 0 Å². The van der Waals surface area contributed by atoms with Crippen molar-refractivity contribution in [2.45, 2.75) is 71.6 Å². The molecule has 0 radical (unpaired) electrons. The Kier molecular flexibility index (Phi) is 6.48. The summed E-state index contributed by atoms with van der Waals surface area (Å²) in [7, 11) is 0. The number of amides is 1. The van der Waals surface area contributed by atoms with E-state index >= 15 is 0 Å². The Morgan fingerprint density at radius 3 is 3.08 bits per heavy atom. The van der Waals surface area contributed by atoms with Gasteiger partial charge < -0.3 is 10.1 Å². The molecule has 3 heterocycles. The van der Waals surface area contributed by atoms with Gasteiger partial charge in [0.15, 0.2) is 0 Å². The summed E-state index contributed by atoms with van der Waals surface area (Å²) in [5.41, 5.74) is 3.59. The maximum absolute atomic E-state index is 12.3. The second kappa shape index (κ2) is 8.81. The zero-order valence-electron chi connectivity index (χ0n) is 15.7. The predicted octanol–water partition coefficient (Wildman–Crippen LogP) is 1.90. The molecule has 6 heteroatoms. The van der Waals surface area contributed by atoms with Gasteiger partial charge in [0.25, 0.3) is 0 Å². The highest BCUT2D eigenvalue weighted by molar-refractivity contribution is 5.76. The van der Waals surface area contributed by atoms with Crippen LogP contribution in [0.3, 0.4) is 0 Å². The van der Waals surface area contributed by atoms with Crippen molar-refractivity contribution in [1.82, 2.24) is 20.0 Å². The van der Waals surface area contributed by atoms with E-state index in [4.69, 9.17) is 9.84 Å². The quantitative estimate of drug-likeness (QED) is 0.779. The number of likely N-dealkylation sites (tertiary alicyclic amines) is 1. The lowest BCUT2D eigenvalue weighted by Crippen LogP contribution is -2.40. The monoisotopic (exact) mass is 348 g/mol. The molecule has 0 aromatic carbocycles. The lowest BCUT2D eigenvalue weighted by Gasteiger charge is -2.22. The summed E-state index contributed by atoms with van der Waals surface area (Å²) in [6, 6.07) is 0.513. The summed E-state index contributed by atoms with van der Waals surface area (Å²) in [4.78, 5) is 14.7. The van der Waals surface area contributed by atoms with Crippen molar-refractivity contribution in [3.05, 3.63) is 17.0 Å². The highest BCUT2D eigenvalue weighted by Gasteiger charge is 2.24. The third kappa shape index (κ3) is 4.42. The molecule has 0 bridgehead atoms. The van der Waals surface area contributed by atoms with Gasteiger partial charge in [0.05, 0.1) is 18.9 Å². The molecule has 0 spiro atoms. The zero-order valence-corrected chi connectivity index (χ0v) is 15.7. The van der Waals surface area contributed by atoms with Gasteiger partial charge in [0, 0.05) is 49.7 Å². The number of aromatic nitrogens is 2. The van der Waals surface area contributed by atoms with Crippen LogP contribution in [0.15, 0.2) is 0 Å². The van der Waals surface area contributed by atoms with Crippen molar-refractivity contribution in [1.29, 1.82) is 0 Å². The molecule has 1 fully saturated rings. The Balaban J connectivity index is 1.52. The SMILES string of the molecule is CCCn1nc(CCC(=O)NCC2CCCN2CC)c2c1CCOC2. The van der Waals surface area contributed by atoms with Crippen molar-refractivity contribution in [2.75, 3.05) is 26.2 Å². The molecule has 1 atom stereocenters. The molecular weight excluding hydrogens is 316 g/mol. The Labute approximate surface area is 150 Å². The van der Waals surface area contributed by atoms with Crippen molar-refractivity contribution < 1.29 is 9.53 Å². The number of likely N-dealkylation sites (N-methyl/N-ethyl adjacent to an activating group) is 1. The van der Waals surface area contributed by atoms with E-state index in [0.29, 0.717) is 25.5 Å². The number of nitrogens with one attached hydrogen (secondary N) is 1. The molecule has 1 N–H and O–H groups in total. The molecule has 25 heavy (non-hydrogen) atoms. The van der Waals surface area contributed by atoms with Gasteiger partial charge in [-0.1, -0.05) is 13.8 Å². The Morgan fingerprint density at radius 1 is 1.40 bits per heavy atom. The number of carbonyl (C=O) groups excluding carboxylic acids is 1. The van der Waals surface area contributed by atoms with Crippen LogP contribution in [0, 0.1) is 0 Å². The van der Waals surface area contributed by atoms with E-state index in [1.165, 1.54) is 24.1 Å². The lowest BCUT2D eigenvalue weighted by atomic mass is 10.1. The number of ether oxygens (including phenoxy) is 1. The summed E-state index contributed by atoms with van der Waals surface area (Å²) < 4.78 is 7.74. The summed E-state index contributed by atoms with van der Waals surface area (Å²) >= 11 is 0. The fourth-order valence-electron chi connectivity index (χ4n) is 4.07. The van der Waals surface area contributed by atoms with Gasteiger partial charge in [-0.05, 0) is 32.4 Å². The average Bonchev–Trinajstić information content (AvgIpc) is 3.23. The summed E-state index contributed by atoms with van der Waals surface area (Å²) in [5, 5.41) is 7.89. The van der Waals surface area contributed by atoms with E-state index in [0.717, 1.165) is 51.3 Å². The maximum atomic E-state index is 12.3. The molecule has 3 rings (SSSR count). The normalized spacial score (nSPS) is 20.6. The van der Waals surface area contributed by atoms with Crippen LogP contribution in [0.2, 0.25) is 0 Å². The molecule has 2 aliphatic rings. The van der Waals surface area contributed by atoms with E-state index in [9.17, 15) is 4.79 Å². The topological polar surface area (TPSA) is 59.4 Å². The first-order chi connectivity index (χ1) is 12.2. The molecule has 1 unspecified atom stereocenters. The minimum Gasteiger partial charge on any atom is -0.376 e. The third-order valence-corrected chi connectivity index (χ3v) is 5.44. The molecule has 0 aliphatic carbocycles. The number of fused-ring (bicyclic) bond motifs is 1. The van der Waals surface area contributed by atoms with Crippen molar-refractivity contribution >= 4 is 5.91 Å². The largest absolute Gasteiger partial charge is 0.376 e. The molecule has 140 valence electrons. The molecule has 1 amide bonds. The van der Waals surface area contributed by atoms with Crippen LogP contribution in [-0.2, 0) is 35.5 Å². The van der Waals surface area contributed by atoms with Gasteiger partial charge in [-0.25, -0.2) is 0 Å². The second-order valence-corrected chi connectivity index (χ2v) is 7.13. The lowest BCUT2D eigenvalue weighted by molar-refractivity contribution is -0.121. The fraction of sp³-hybridized carbons (Fsp3) is 0.789. The van der Waals surface area contributed by atoms with Crippen molar-refractivity contribution in [3.8, 4) is 0 Å². The van der Waals surface area contributed by atoms with Crippen LogP contribution in [0.1, 0.15) is 56.5 Å². The van der Waals surface area contributed by atoms with Gasteiger partial charge in [-0.3, -0.25) is 14.4 Å². The van der Waals surface area contributed by atoms with Crippen LogP contribution in [-0.4, -0.2) is 52.9 Å². The zero-order chi connectivity index (χ0) is 17.6. The van der Waals surface area contributed by atoms with Crippen LogP contribution >= 0.6 is 0 Å². The van der Waals surface area contributed by atoms with E-state index in [1.54, 1.807) is 0 Å². The summed E-state index contributed by atoms with van der Waals surface area (Å²) in [6.07, 6.45) is 5.66. The van der Waals surface area contributed by atoms with Gasteiger partial charge >= 0.3 is 0 Å². The van der Waals surface area contributed by atoms with Gasteiger partial charge in [0.2, 0.25) is 5.91 Å². The van der Waals surface area contributed by atoms with E-state index < -0.39 is 0 Å². The van der Waals surface area contributed by atoms with Crippen LogP contribution in [0.5, 0.6) is 0 Å². The molecule has 1 aromatic heterocycles. The Bertz CT molecular complexity index is 584. The van der Waals surface area contributed by atoms with E-state index in [2.05, 4.69) is 28.7 Å². The molecule has 0 saturated carbocycles. The van der Waals surface area contributed by atoms with Crippen LogP contribution in [0.25, 0.3) is 0 Å². The van der Waals surface area contributed by atoms with Gasteiger partial charge in [-0.2, -0.15) is 5.10 Å². The number of hydrogen-bond acceptors (Lipinski definition) is 4. The van der Waals surface area contributed by atoms with Crippen molar-refractivity contribution in [2.24, 2.45) is 0 Å². The van der Waals surface area contributed by atoms with Crippen LogP contribution in [0.4, 0.5) is 0 Å². The molecule has 2 aliphatic heterocycles. The first-order valence-corrected chi connectivity index (χ1v) is 9.88. The molecular formula is C19H32N4O2. The average molecular weight is 348 g/mol. The molecule has 1 aromatic rings. The predicted molar refractivity (Wildman–Crippen MR) is 97.5 cm³/mol. The number of rotatable bonds is 8. The fourth-order valence-corrected chi connectivity index (χ4v) is 4.07. The highest BCUT2D eigenvalue weighted by atomic mass is 16.5. The maximum Gasteiger partial charge on any atom is 0.220 e. The smallest absolute Gasteiger partial charge is 0.220 e. The molecule has 1 saturated heterocycles. The summed E-state index contributed by atoms with van der Waals surface area (Å²) in [6.45, 7) is 9.74. The number of hydrogen-bond donors (Lipinski definition) is 1. The van der Waals surface area contributed by atoms with Crippen LogP contribution < -0.4 is 5.32 Å². The Hall–Kier alpha value is -1.40. The second-order valence-electron chi connectivity index (χ2n) is 7.13. The number of carbonyl (C=O) groups is 1. The van der Waals surface area contributed by atoms with E-state index in [-0.39, 0.29) is 5.91 Å². The van der Waals surface area contributed by atoms with Gasteiger partial charge in [-0.15, -0.1) is 0 Å². The first-order valence-electron chi connectivity index (χ1n) is 9.88. The first kappa shape index (κ1) is 18.4. The highest BCUT2D eigenvalue weighted by Crippen LogP contribution is 2.22. The number of aryl methyl sites for hydroxylation is 2. The minimum absolute atomic E-state index is 0.137. The summed E-state index contributed by atoms with van der Waals surface area (Å²) in [5.74, 6) is 0.137. The Morgan fingerprint density at radius 2 is 2.28 bits per heavy atom. The number of nitrogens with zero attached hydrogens (tertiary/aromatic N) is 3.